The van der Waals surface area contributed by atoms with E-state index in [2.05, 4.69) is 5.32 Å². The van der Waals surface area contributed by atoms with Crippen molar-refractivity contribution in [3.8, 4) is 0 Å². The zero-order chi connectivity index (χ0) is 8.55. The molecule has 0 aromatic rings. The highest BCUT2D eigenvalue weighted by molar-refractivity contribution is 4.89. The van der Waals surface area contributed by atoms with Crippen molar-refractivity contribution in [3.63, 3.8) is 0 Å². The molecule has 1 aliphatic carbocycles. The summed E-state index contributed by atoms with van der Waals surface area (Å²) in [5, 5.41) is 22.4. The molecule has 0 amide bonds. The molecule has 0 aromatic heterocycles. The molecular weight excluding hydrogens is 154 g/mol. The molecule has 0 aromatic carbocycles. The highest BCUT2D eigenvalue weighted by Crippen LogP contribution is 2.34. The molecule has 2 fully saturated rings. The van der Waals surface area contributed by atoms with Crippen LogP contribution in [-0.4, -0.2) is 35.5 Å². The Balaban J connectivity index is 2.01. The Labute approximate surface area is 72.8 Å². The average Bonchev–Trinajstić information content (AvgIpc) is 2.04. The number of hydrogen-bond donors (Lipinski definition) is 3. The first kappa shape index (κ1) is 8.48. The van der Waals surface area contributed by atoms with Gasteiger partial charge in [-0.2, -0.15) is 0 Å². The van der Waals surface area contributed by atoms with E-state index < -0.39 is 0 Å². The van der Waals surface area contributed by atoms with E-state index in [0.29, 0.717) is 18.3 Å². The zero-order valence-corrected chi connectivity index (χ0v) is 7.24. The fraction of sp³-hybridized carbons (Fsp3) is 1.00. The molecule has 1 saturated heterocycles. The first-order valence-corrected chi connectivity index (χ1v) is 4.84. The first-order valence-electron chi connectivity index (χ1n) is 4.84. The van der Waals surface area contributed by atoms with Crippen LogP contribution in [0.25, 0.3) is 0 Å². The van der Waals surface area contributed by atoms with Crippen LogP contribution in [0.15, 0.2) is 0 Å². The number of piperidine rings is 1. The van der Waals surface area contributed by atoms with Crippen LogP contribution < -0.4 is 5.32 Å². The van der Waals surface area contributed by atoms with E-state index in [0.717, 1.165) is 25.9 Å². The monoisotopic (exact) mass is 171 g/mol. The zero-order valence-electron chi connectivity index (χ0n) is 7.24. The molecule has 3 heteroatoms. The van der Waals surface area contributed by atoms with Gasteiger partial charge in [-0.3, -0.25) is 0 Å². The number of aliphatic hydroxyl groups is 2. The van der Waals surface area contributed by atoms with Gasteiger partial charge < -0.3 is 15.5 Å². The third-order valence-electron chi connectivity index (χ3n) is 3.25. The molecule has 1 saturated carbocycles. The van der Waals surface area contributed by atoms with Gasteiger partial charge in [0.25, 0.3) is 0 Å². The number of fused-ring (bicyclic) bond motifs is 1. The summed E-state index contributed by atoms with van der Waals surface area (Å²) in [4.78, 5) is 0. The largest absolute Gasteiger partial charge is 0.393 e. The summed E-state index contributed by atoms with van der Waals surface area (Å²) in [5.74, 6) is 0.937. The minimum absolute atomic E-state index is 0.263. The lowest BCUT2D eigenvalue weighted by molar-refractivity contribution is -0.0420. The first-order chi connectivity index (χ1) is 5.77. The van der Waals surface area contributed by atoms with E-state index in [-0.39, 0.29) is 12.2 Å². The van der Waals surface area contributed by atoms with Gasteiger partial charge in [0.15, 0.2) is 0 Å². The second kappa shape index (κ2) is 3.32. The van der Waals surface area contributed by atoms with Crippen LogP contribution in [0.5, 0.6) is 0 Å². The molecule has 1 heterocycles. The molecule has 70 valence electrons. The van der Waals surface area contributed by atoms with E-state index in [4.69, 9.17) is 0 Å². The minimum Gasteiger partial charge on any atom is -0.393 e. The SMILES string of the molecule is OC1CC(O)C2CCNCC2C1. The molecule has 3 N–H and O–H groups in total. The lowest BCUT2D eigenvalue weighted by atomic mass is 9.73. The number of aliphatic hydroxyl groups excluding tert-OH is 2. The Morgan fingerprint density at radius 3 is 2.83 bits per heavy atom. The van der Waals surface area contributed by atoms with Crippen molar-refractivity contribution in [2.75, 3.05) is 13.1 Å². The van der Waals surface area contributed by atoms with Gasteiger partial charge in [0.05, 0.1) is 12.2 Å². The van der Waals surface area contributed by atoms with Gasteiger partial charge in [-0.25, -0.2) is 0 Å². The second-order valence-electron chi connectivity index (χ2n) is 4.11. The highest BCUT2D eigenvalue weighted by Gasteiger charge is 2.37. The van der Waals surface area contributed by atoms with E-state index >= 15 is 0 Å². The fourth-order valence-corrected chi connectivity index (χ4v) is 2.61. The molecule has 12 heavy (non-hydrogen) atoms. The van der Waals surface area contributed by atoms with Gasteiger partial charge in [0, 0.05) is 0 Å². The molecule has 1 aliphatic heterocycles. The van der Waals surface area contributed by atoms with Gasteiger partial charge in [-0.1, -0.05) is 0 Å². The standard InChI is InChI=1S/C9H17NO2/c11-7-3-6-5-10-2-1-8(6)9(12)4-7/h6-12H,1-5H2. The van der Waals surface area contributed by atoms with Crippen molar-refractivity contribution in [2.24, 2.45) is 11.8 Å². The summed E-state index contributed by atoms with van der Waals surface area (Å²) in [7, 11) is 0. The lowest BCUT2D eigenvalue weighted by Gasteiger charge is -2.41. The van der Waals surface area contributed by atoms with E-state index in [9.17, 15) is 10.2 Å². The number of rotatable bonds is 0. The molecular formula is C9H17NO2. The summed E-state index contributed by atoms with van der Waals surface area (Å²) >= 11 is 0. The maximum absolute atomic E-state index is 9.69. The Morgan fingerprint density at radius 1 is 1.17 bits per heavy atom. The van der Waals surface area contributed by atoms with Crippen LogP contribution in [0.3, 0.4) is 0 Å². The van der Waals surface area contributed by atoms with Gasteiger partial charge in [-0.05, 0) is 44.2 Å². The maximum atomic E-state index is 9.69. The maximum Gasteiger partial charge on any atom is 0.0596 e. The summed E-state index contributed by atoms with van der Waals surface area (Å²) in [6.45, 7) is 1.99. The van der Waals surface area contributed by atoms with Crippen molar-refractivity contribution in [1.29, 1.82) is 0 Å². The predicted molar refractivity (Wildman–Crippen MR) is 45.7 cm³/mol. The third-order valence-corrected chi connectivity index (χ3v) is 3.25. The van der Waals surface area contributed by atoms with E-state index in [1.165, 1.54) is 0 Å². The van der Waals surface area contributed by atoms with Crippen molar-refractivity contribution in [2.45, 2.75) is 31.5 Å². The van der Waals surface area contributed by atoms with Gasteiger partial charge in [0.1, 0.15) is 0 Å². The van der Waals surface area contributed by atoms with Crippen LogP contribution in [0.2, 0.25) is 0 Å². The Bertz CT molecular complexity index is 163. The summed E-state index contributed by atoms with van der Waals surface area (Å²) in [6, 6.07) is 0. The van der Waals surface area contributed by atoms with Crippen LogP contribution in [-0.2, 0) is 0 Å². The summed E-state index contributed by atoms with van der Waals surface area (Å²) < 4.78 is 0. The summed E-state index contributed by atoms with van der Waals surface area (Å²) in [6.07, 6.45) is 1.98. The molecule has 2 rings (SSSR count). The van der Waals surface area contributed by atoms with E-state index in [1.54, 1.807) is 0 Å². The Hall–Kier alpha value is -0.120. The molecule has 0 bridgehead atoms. The van der Waals surface area contributed by atoms with Crippen LogP contribution in [0.1, 0.15) is 19.3 Å². The van der Waals surface area contributed by atoms with Crippen LogP contribution >= 0.6 is 0 Å². The summed E-state index contributed by atoms with van der Waals surface area (Å²) in [5.41, 5.74) is 0. The average molecular weight is 171 g/mol. The minimum atomic E-state index is -0.277. The molecule has 0 radical (unpaired) electrons. The van der Waals surface area contributed by atoms with Crippen LogP contribution in [0.4, 0.5) is 0 Å². The van der Waals surface area contributed by atoms with Crippen molar-refractivity contribution in [3.05, 3.63) is 0 Å². The van der Waals surface area contributed by atoms with Gasteiger partial charge >= 0.3 is 0 Å². The van der Waals surface area contributed by atoms with Crippen molar-refractivity contribution >= 4 is 0 Å². The normalized spacial score (nSPS) is 48.5. The topological polar surface area (TPSA) is 52.5 Å². The molecule has 2 aliphatic rings. The Kier molecular flexibility index (Phi) is 2.35. The highest BCUT2D eigenvalue weighted by atomic mass is 16.3. The predicted octanol–water partition coefficient (Wildman–Crippen LogP) is -0.272. The molecule has 4 atom stereocenters. The van der Waals surface area contributed by atoms with E-state index in [1.807, 2.05) is 0 Å². The smallest absolute Gasteiger partial charge is 0.0596 e. The molecule has 3 nitrogen and oxygen atoms in total. The fourth-order valence-electron chi connectivity index (χ4n) is 2.61. The molecule has 0 spiro atoms. The Morgan fingerprint density at radius 2 is 2.00 bits per heavy atom. The quantitative estimate of drug-likeness (QED) is 0.470. The number of hydrogen-bond acceptors (Lipinski definition) is 3. The number of nitrogens with one attached hydrogen (secondary N) is 1. The van der Waals surface area contributed by atoms with Crippen molar-refractivity contribution in [1.82, 2.24) is 5.32 Å². The van der Waals surface area contributed by atoms with Crippen molar-refractivity contribution < 1.29 is 10.2 Å². The molecule has 4 unspecified atom stereocenters. The van der Waals surface area contributed by atoms with Gasteiger partial charge in [-0.15, -0.1) is 0 Å². The van der Waals surface area contributed by atoms with Gasteiger partial charge in [0.2, 0.25) is 0 Å². The van der Waals surface area contributed by atoms with Crippen LogP contribution in [0, 0.1) is 11.8 Å². The second-order valence-corrected chi connectivity index (χ2v) is 4.11. The lowest BCUT2D eigenvalue weighted by Crippen LogP contribution is -2.47. The third kappa shape index (κ3) is 1.49.